The monoisotopic (exact) mass is 287 g/mol. The van der Waals surface area contributed by atoms with Gasteiger partial charge >= 0.3 is 0 Å². The van der Waals surface area contributed by atoms with Crippen molar-refractivity contribution in [1.29, 1.82) is 0 Å². The summed E-state index contributed by atoms with van der Waals surface area (Å²) < 4.78 is 30.4. The van der Waals surface area contributed by atoms with Crippen molar-refractivity contribution in [3.63, 3.8) is 0 Å². The zero-order valence-corrected chi connectivity index (χ0v) is 12.5. The minimum atomic E-state index is -3.54. The second kappa shape index (κ2) is 6.23. The Labute approximate surface area is 114 Å². The molecular weight excluding hydrogens is 266 g/mol. The van der Waals surface area contributed by atoms with Gasteiger partial charge < -0.3 is 15.8 Å². The Morgan fingerprint density at radius 3 is 2.58 bits per heavy atom. The van der Waals surface area contributed by atoms with E-state index in [0.717, 1.165) is 4.31 Å². The maximum Gasteiger partial charge on any atom is 0.244 e. The number of nitrogens with one attached hydrogen (secondary N) is 1. The number of anilines is 2. The Balaban J connectivity index is 3.06. The second-order valence-corrected chi connectivity index (χ2v) is 6.55. The first-order chi connectivity index (χ1) is 8.80. The number of ether oxygens (including phenoxy) is 1. The Morgan fingerprint density at radius 1 is 1.42 bits per heavy atom. The van der Waals surface area contributed by atoms with E-state index in [4.69, 9.17) is 10.5 Å². The van der Waals surface area contributed by atoms with Gasteiger partial charge in [0.2, 0.25) is 10.0 Å². The highest BCUT2D eigenvalue weighted by Crippen LogP contribution is 2.28. The number of methoxy groups -OCH3 is 1. The third-order valence-corrected chi connectivity index (χ3v) is 4.68. The van der Waals surface area contributed by atoms with Crippen LogP contribution < -0.4 is 11.1 Å². The number of rotatable bonds is 6. The number of para-hydroxylation sites is 1. The van der Waals surface area contributed by atoms with Gasteiger partial charge in [-0.15, -0.1) is 0 Å². The molecule has 1 rings (SSSR count). The second-order valence-electron chi connectivity index (χ2n) is 4.43. The summed E-state index contributed by atoms with van der Waals surface area (Å²) in [6.45, 7) is 2.45. The van der Waals surface area contributed by atoms with E-state index in [1.807, 2.05) is 6.92 Å². The van der Waals surface area contributed by atoms with Crippen molar-refractivity contribution >= 4 is 21.4 Å². The van der Waals surface area contributed by atoms with E-state index in [9.17, 15) is 8.42 Å². The summed E-state index contributed by atoms with van der Waals surface area (Å²) >= 11 is 0. The molecule has 19 heavy (non-hydrogen) atoms. The highest BCUT2D eigenvalue weighted by atomic mass is 32.2. The summed E-state index contributed by atoms with van der Waals surface area (Å²) in [5.74, 6) is 0. The van der Waals surface area contributed by atoms with Gasteiger partial charge in [-0.2, -0.15) is 0 Å². The van der Waals surface area contributed by atoms with E-state index in [1.54, 1.807) is 19.2 Å². The van der Waals surface area contributed by atoms with Gasteiger partial charge in [0.25, 0.3) is 0 Å². The van der Waals surface area contributed by atoms with Crippen LogP contribution in [0.5, 0.6) is 0 Å². The van der Waals surface area contributed by atoms with Gasteiger partial charge in [0.1, 0.15) is 4.90 Å². The van der Waals surface area contributed by atoms with Crippen LogP contribution in [0, 0.1) is 0 Å². The van der Waals surface area contributed by atoms with Gasteiger partial charge in [-0.25, -0.2) is 12.7 Å². The van der Waals surface area contributed by atoms with Crippen LogP contribution in [0.25, 0.3) is 0 Å². The lowest BCUT2D eigenvalue weighted by molar-refractivity contribution is 0.129. The van der Waals surface area contributed by atoms with E-state index in [-0.39, 0.29) is 16.7 Å². The van der Waals surface area contributed by atoms with Crippen LogP contribution in [0.2, 0.25) is 0 Å². The maximum atomic E-state index is 12.1. The molecule has 7 heteroatoms. The first-order valence-electron chi connectivity index (χ1n) is 5.88. The van der Waals surface area contributed by atoms with Crippen LogP contribution in [0.4, 0.5) is 11.4 Å². The Morgan fingerprint density at radius 2 is 2.05 bits per heavy atom. The molecule has 0 aliphatic carbocycles. The lowest BCUT2D eigenvalue weighted by atomic mass is 10.2. The predicted octanol–water partition coefficient (Wildman–Crippen LogP) is 0.966. The minimum Gasteiger partial charge on any atom is -0.396 e. The zero-order chi connectivity index (χ0) is 14.6. The van der Waals surface area contributed by atoms with Crippen molar-refractivity contribution in [2.45, 2.75) is 17.9 Å². The third-order valence-electron chi connectivity index (χ3n) is 2.81. The standard InChI is InChI=1S/C12H21N3O3S/c1-9(18-4)8-14-10-6-5-7-11(12(10)13)19(16,17)15(2)3/h5-7,9,14H,8,13H2,1-4H3. The molecule has 0 aliphatic rings. The van der Waals surface area contributed by atoms with Crippen LogP contribution in [-0.4, -0.2) is 46.6 Å². The van der Waals surface area contributed by atoms with E-state index in [2.05, 4.69) is 5.32 Å². The predicted molar refractivity (Wildman–Crippen MR) is 76.7 cm³/mol. The Kier molecular flexibility index (Phi) is 5.16. The molecule has 0 aromatic heterocycles. The fourth-order valence-electron chi connectivity index (χ4n) is 1.46. The molecule has 1 unspecified atom stereocenters. The van der Waals surface area contributed by atoms with Crippen molar-refractivity contribution in [3.8, 4) is 0 Å². The summed E-state index contributed by atoms with van der Waals surface area (Å²) in [5, 5.41) is 3.08. The van der Waals surface area contributed by atoms with Crippen molar-refractivity contribution in [2.75, 3.05) is 38.8 Å². The van der Waals surface area contributed by atoms with Gasteiger partial charge in [0.15, 0.2) is 0 Å². The lowest BCUT2D eigenvalue weighted by Crippen LogP contribution is -2.24. The smallest absolute Gasteiger partial charge is 0.244 e. The van der Waals surface area contributed by atoms with Crippen LogP contribution in [0.3, 0.4) is 0 Å². The summed E-state index contributed by atoms with van der Waals surface area (Å²) in [7, 11) is 1.02. The minimum absolute atomic E-state index is 0.00788. The molecule has 1 atom stereocenters. The summed E-state index contributed by atoms with van der Waals surface area (Å²) in [5.41, 5.74) is 6.74. The zero-order valence-electron chi connectivity index (χ0n) is 11.7. The summed E-state index contributed by atoms with van der Waals surface area (Å²) in [6, 6.07) is 4.90. The van der Waals surface area contributed by atoms with Crippen molar-refractivity contribution in [3.05, 3.63) is 18.2 Å². The number of nitrogen functional groups attached to an aromatic ring is 1. The first-order valence-corrected chi connectivity index (χ1v) is 7.32. The van der Waals surface area contributed by atoms with Gasteiger partial charge in [-0.1, -0.05) is 6.07 Å². The molecular formula is C12H21N3O3S. The third kappa shape index (κ3) is 3.59. The van der Waals surface area contributed by atoms with Gasteiger partial charge in [0.05, 0.1) is 17.5 Å². The van der Waals surface area contributed by atoms with Gasteiger partial charge in [-0.05, 0) is 19.1 Å². The molecule has 0 heterocycles. The van der Waals surface area contributed by atoms with Gasteiger partial charge in [-0.3, -0.25) is 0 Å². The molecule has 0 spiro atoms. The molecule has 108 valence electrons. The lowest BCUT2D eigenvalue weighted by Gasteiger charge is -2.17. The molecule has 0 saturated heterocycles. The molecule has 1 aromatic carbocycles. The van der Waals surface area contributed by atoms with Crippen molar-refractivity contribution < 1.29 is 13.2 Å². The van der Waals surface area contributed by atoms with Crippen LogP contribution in [0.15, 0.2) is 23.1 Å². The van der Waals surface area contributed by atoms with Crippen molar-refractivity contribution in [2.24, 2.45) is 0 Å². The topological polar surface area (TPSA) is 84.7 Å². The molecule has 0 fully saturated rings. The Bertz CT molecular complexity index is 529. The van der Waals surface area contributed by atoms with E-state index >= 15 is 0 Å². The number of benzene rings is 1. The van der Waals surface area contributed by atoms with Crippen molar-refractivity contribution in [1.82, 2.24) is 4.31 Å². The molecule has 0 saturated carbocycles. The fraction of sp³-hybridized carbons (Fsp3) is 0.500. The molecule has 1 aromatic rings. The van der Waals surface area contributed by atoms with Crippen LogP contribution in [0.1, 0.15) is 6.92 Å². The number of hydrogen-bond donors (Lipinski definition) is 2. The fourth-order valence-corrected chi connectivity index (χ4v) is 2.49. The summed E-state index contributed by atoms with van der Waals surface area (Å²) in [6.07, 6.45) is 0.00788. The molecule has 6 nitrogen and oxygen atoms in total. The molecule has 0 radical (unpaired) electrons. The molecule has 3 N–H and O–H groups in total. The van der Waals surface area contributed by atoms with Gasteiger partial charge in [0, 0.05) is 27.7 Å². The summed E-state index contributed by atoms with van der Waals surface area (Å²) in [4.78, 5) is 0.104. The molecule has 0 amide bonds. The average Bonchev–Trinajstić information content (AvgIpc) is 2.36. The van der Waals surface area contributed by atoms with E-state index in [0.29, 0.717) is 12.2 Å². The first kappa shape index (κ1) is 15.7. The van der Waals surface area contributed by atoms with E-state index < -0.39 is 10.0 Å². The number of nitrogens with zero attached hydrogens (tertiary/aromatic N) is 1. The van der Waals surface area contributed by atoms with Crippen LogP contribution >= 0.6 is 0 Å². The number of nitrogens with two attached hydrogens (primary N) is 1. The number of sulfonamides is 1. The largest absolute Gasteiger partial charge is 0.396 e. The van der Waals surface area contributed by atoms with Crippen LogP contribution in [-0.2, 0) is 14.8 Å². The molecule has 0 aliphatic heterocycles. The molecule has 0 bridgehead atoms. The number of hydrogen-bond acceptors (Lipinski definition) is 5. The SMILES string of the molecule is COC(C)CNc1cccc(S(=O)(=O)N(C)C)c1N. The quantitative estimate of drug-likeness (QED) is 0.761. The Hall–Kier alpha value is -1.31. The average molecular weight is 287 g/mol. The highest BCUT2D eigenvalue weighted by Gasteiger charge is 2.21. The van der Waals surface area contributed by atoms with E-state index in [1.165, 1.54) is 20.2 Å². The maximum absolute atomic E-state index is 12.1. The normalized spacial score (nSPS) is 13.5. The highest BCUT2D eigenvalue weighted by molar-refractivity contribution is 7.89.